The van der Waals surface area contributed by atoms with Gasteiger partial charge in [-0.1, -0.05) is 36.9 Å². The maximum atomic E-state index is 13.3. The summed E-state index contributed by atoms with van der Waals surface area (Å²) in [5.74, 6) is -0.852. The van der Waals surface area contributed by atoms with E-state index in [2.05, 4.69) is 11.9 Å². The summed E-state index contributed by atoms with van der Waals surface area (Å²) >= 11 is 0. The minimum absolute atomic E-state index is 0.114. The summed E-state index contributed by atoms with van der Waals surface area (Å²) in [6.45, 7) is 8.61. The molecule has 2 aromatic rings. The monoisotopic (exact) mass is 447 g/mol. The molecule has 2 aliphatic heterocycles. The molecule has 7 heteroatoms. The van der Waals surface area contributed by atoms with Crippen LogP contribution in [0.25, 0.3) is 5.70 Å². The van der Waals surface area contributed by atoms with Gasteiger partial charge >= 0.3 is 0 Å². The van der Waals surface area contributed by atoms with Gasteiger partial charge in [-0.3, -0.25) is 19.3 Å². The average molecular weight is 448 g/mol. The van der Waals surface area contributed by atoms with E-state index < -0.39 is 0 Å². The van der Waals surface area contributed by atoms with Gasteiger partial charge in [0.25, 0.3) is 5.91 Å². The highest BCUT2D eigenvalue weighted by molar-refractivity contribution is 6.10. The van der Waals surface area contributed by atoms with Gasteiger partial charge in [0.15, 0.2) is 0 Å². The van der Waals surface area contributed by atoms with Crippen molar-refractivity contribution in [2.75, 3.05) is 31.6 Å². The van der Waals surface area contributed by atoms with Crippen molar-refractivity contribution in [2.24, 2.45) is 0 Å². The van der Waals surface area contributed by atoms with E-state index in [4.69, 9.17) is 4.74 Å². The van der Waals surface area contributed by atoms with Crippen LogP contribution < -0.4 is 5.32 Å². The molecule has 0 bridgehead atoms. The Hall–Kier alpha value is -3.45. The van der Waals surface area contributed by atoms with E-state index in [0.29, 0.717) is 24.4 Å². The van der Waals surface area contributed by atoms with Crippen molar-refractivity contribution in [3.63, 3.8) is 0 Å². The lowest BCUT2D eigenvalue weighted by atomic mass is 10.1. The van der Waals surface area contributed by atoms with Crippen LogP contribution >= 0.6 is 0 Å². The Balaban J connectivity index is 1.47. The van der Waals surface area contributed by atoms with Gasteiger partial charge in [0.05, 0.1) is 6.10 Å². The predicted octanol–water partition coefficient (Wildman–Crippen LogP) is 3.38. The van der Waals surface area contributed by atoms with E-state index in [-0.39, 0.29) is 36.9 Å². The van der Waals surface area contributed by atoms with Crippen molar-refractivity contribution in [3.8, 4) is 0 Å². The van der Waals surface area contributed by atoms with Crippen LogP contribution in [-0.4, -0.2) is 59.9 Å². The SMILES string of the molecule is C=C1c2ccccc2C(=O)N1CC(=O)N(CC(=O)Nc1cccc(C)c1C)CC1CCCO1. The fourth-order valence-corrected chi connectivity index (χ4v) is 4.28. The topological polar surface area (TPSA) is 79.0 Å². The van der Waals surface area contributed by atoms with Crippen molar-refractivity contribution in [3.05, 3.63) is 71.3 Å². The van der Waals surface area contributed by atoms with Crippen molar-refractivity contribution < 1.29 is 19.1 Å². The van der Waals surface area contributed by atoms with Crippen LogP contribution in [0.15, 0.2) is 49.0 Å². The van der Waals surface area contributed by atoms with Crippen LogP contribution in [0.2, 0.25) is 0 Å². The molecule has 0 spiro atoms. The molecule has 1 atom stereocenters. The lowest BCUT2D eigenvalue weighted by Gasteiger charge is -2.27. The molecule has 0 saturated carbocycles. The lowest BCUT2D eigenvalue weighted by molar-refractivity contribution is -0.136. The molecule has 1 fully saturated rings. The highest BCUT2D eigenvalue weighted by atomic mass is 16.5. The summed E-state index contributed by atoms with van der Waals surface area (Å²) in [6, 6.07) is 12.9. The first kappa shape index (κ1) is 22.7. The van der Waals surface area contributed by atoms with E-state index in [1.165, 1.54) is 9.80 Å². The molecular weight excluding hydrogens is 418 g/mol. The largest absolute Gasteiger partial charge is 0.376 e. The maximum Gasteiger partial charge on any atom is 0.259 e. The van der Waals surface area contributed by atoms with Crippen molar-refractivity contribution >= 4 is 29.1 Å². The second-order valence-electron chi connectivity index (χ2n) is 8.59. The molecule has 1 N–H and O–H groups in total. The molecule has 7 nitrogen and oxygen atoms in total. The first-order valence-corrected chi connectivity index (χ1v) is 11.2. The molecule has 2 heterocycles. The fourth-order valence-electron chi connectivity index (χ4n) is 4.28. The van der Waals surface area contributed by atoms with Crippen LogP contribution in [-0.2, 0) is 14.3 Å². The average Bonchev–Trinajstić information content (AvgIpc) is 3.39. The molecule has 2 aliphatic rings. The van der Waals surface area contributed by atoms with Crippen LogP contribution in [0.4, 0.5) is 5.69 Å². The van der Waals surface area contributed by atoms with Gasteiger partial charge in [0, 0.05) is 35.7 Å². The van der Waals surface area contributed by atoms with Crippen molar-refractivity contribution in [1.29, 1.82) is 0 Å². The Labute approximate surface area is 194 Å². The van der Waals surface area contributed by atoms with Gasteiger partial charge in [-0.05, 0) is 49.9 Å². The standard InChI is InChI=1S/C26H29N3O4/c1-17-8-6-12-23(18(17)2)27-24(30)15-28(14-20-9-7-13-33-20)25(31)16-29-19(3)21-10-4-5-11-22(21)26(29)32/h4-6,8,10-12,20H,3,7,9,13-16H2,1-2H3,(H,27,30). The summed E-state index contributed by atoms with van der Waals surface area (Å²) in [5, 5.41) is 2.91. The number of nitrogens with one attached hydrogen (secondary N) is 1. The lowest BCUT2D eigenvalue weighted by Crippen LogP contribution is -2.46. The van der Waals surface area contributed by atoms with E-state index in [0.717, 1.165) is 35.2 Å². The zero-order valence-corrected chi connectivity index (χ0v) is 19.1. The van der Waals surface area contributed by atoms with Gasteiger partial charge in [0.1, 0.15) is 13.1 Å². The number of nitrogens with zero attached hydrogens (tertiary/aromatic N) is 2. The zero-order valence-electron chi connectivity index (χ0n) is 19.1. The third-order valence-electron chi connectivity index (χ3n) is 6.35. The van der Waals surface area contributed by atoms with Gasteiger partial charge in [-0.2, -0.15) is 0 Å². The summed E-state index contributed by atoms with van der Waals surface area (Å²) in [7, 11) is 0. The number of carbonyl (C=O) groups excluding carboxylic acids is 3. The van der Waals surface area contributed by atoms with Crippen LogP contribution in [0, 0.1) is 13.8 Å². The Morgan fingerprint density at radius 3 is 2.61 bits per heavy atom. The van der Waals surface area contributed by atoms with E-state index in [9.17, 15) is 14.4 Å². The van der Waals surface area contributed by atoms with E-state index in [1.54, 1.807) is 12.1 Å². The number of ether oxygens (including phenoxy) is 1. The molecule has 0 radical (unpaired) electrons. The first-order chi connectivity index (χ1) is 15.8. The van der Waals surface area contributed by atoms with Crippen LogP contribution in [0.1, 0.15) is 39.9 Å². The maximum absolute atomic E-state index is 13.3. The number of amides is 3. The second-order valence-corrected chi connectivity index (χ2v) is 8.59. The number of aryl methyl sites for hydroxylation is 1. The van der Waals surface area contributed by atoms with Gasteiger partial charge in [-0.25, -0.2) is 0 Å². The minimum Gasteiger partial charge on any atom is -0.376 e. The van der Waals surface area contributed by atoms with Gasteiger partial charge in [0.2, 0.25) is 11.8 Å². The van der Waals surface area contributed by atoms with E-state index in [1.807, 2.05) is 44.2 Å². The fraction of sp³-hybridized carbons (Fsp3) is 0.346. The molecular formula is C26H29N3O4. The molecule has 4 rings (SSSR count). The van der Waals surface area contributed by atoms with E-state index >= 15 is 0 Å². The summed E-state index contributed by atoms with van der Waals surface area (Å²) in [6.07, 6.45) is 1.65. The Kier molecular flexibility index (Phi) is 6.60. The molecule has 3 amide bonds. The number of benzene rings is 2. The van der Waals surface area contributed by atoms with Gasteiger partial charge in [-0.15, -0.1) is 0 Å². The third kappa shape index (κ3) is 4.83. The molecule has 172 valence electrons. The highest BCUT2D eigenvalue weighted by Crippen LogP contribution is 2.31. The zero-order chi connectivity index (χ0) is 23.5. The Morgan fingerprint density at radius 1 is 1.15 bits per heavy atom. The number of anilines is 1. The minimum atomic E-state index is -0.316. The number of carbonyl (C=O) groups is 3. The number of fused-ring (bicyclic) bond motifs is 1. The summed E-state index contributed by atoms with van der Waals surface area (Å²) < 4.78 is 5.71. The quantitative estimate of drug-likeness (QED) is 0.706. The highest BCUT2D eigenvalue weighted by Gasteiger charge is 2.34. The second kappa shape index (κ2) is 9.58. The predicted molar refractivity (Wildman–Crippen MR) is 127 cm³/mol. The molecule has 0 aliphatic carbocycles. The number of rotatable bonds is 7. The molecule has 1 unspecified atom stereocenters. The first-order valence-electron chi connectivity index (χ1n) is 11.2. The summed E-state index contributed by atoms with van der Waals surface area (Å²) in [4.78, 5) is 41.9. The molecule has 2 aromatic carbocycles. The third-order valence-corrected chi connectivity index (χ3v) is 6.35. The van der Waals surface area contributed by atoms with Crippen LogP contribution in [0.5, 0.6) is 0 Å². The number of hydrogen-bond acceptors (Lipinski definition) is 4. The molecule has 0 aromatic heterocycles. The summed E-state index contributed by atoms with van der Waals surface area (Å²) in [5.41, 5.74) is 4.55. The number of hydrogen-bond donors (Lipinski definition) is 1. The molecule has 33 heavy (non-hydrogen) atoms. The van der Waals surface area contributed by atoms with Crippen molar-refractivity contribution in [2.45, 2.75) is 32.8 Å². The van der Waals surface area contributed by atoms with Crippen molar-refractivity contribution in [1.82, 2.24) is 9.80 Å². The Bertz CT molecular complexity index is 1070. The Morgan fingerprint density at radius 2 is 1.91 bits per heavy atom. The van der Waals surface area contributed by atoms with Crippen LogP contribution in [0.3, 0.4) is 0 Å². The molecule has 1 saturated heterocycles. The van der Waals surface area contributed by atoms with Gasteiger partial charge < -0.3 is 15.0 Å². The smallest absolute Gasteiger partial charge is 0.259 e. The normalized spacial score (nSPS) is 17.3.